The van der Waals surface area contributed by atoms with Gasteiger partial charge >= 0.3 is 0 Å². The Morgan fingerprint density at radius 3 is 2.67 bits per heavy atom. The molecule has 1 heterocycles. The van der Waals surface area contributed by atoms with Gasteiger partial charge in [0.25, 0.3) is 0 Å². The SMILES string of the molecule is CCNC(C)c1sc(-c2ccc(OC)cc2OC)nc1C. The van der Waals surface area contributed by atoms with E-state index in [1.54, 1.807) is 25.6 Å². The van der Waals surface area contributed by atoms with Crippen LogP contribution in [0.5, 0.6) is 11.5 Å². The van der Waals surface area contributed by atoms with E-state index in [0.717, 1.165) is 34.3 Å². The van der Waals surface area contributed by atoms with Gasteiger partial charge in [-0.25, -0.2) is 4.98 Å². The summed E-state index contributed by atoms with van der Waals surface area (Å²) in [5.41, 5.74) is 2.07. The molecule has 0 saturated carbocycles. The normalized spacial score (nSPS) is 12.2. The number of aromatic nitrogens is 1. The zero-order chi connectivity index (χ0) is 15.4. The number of benzene rings is 1. The Labute approximate surface area is 130 Å². The minimum Gasteiger partial charge on any atom is -0.497 e. The molecule has 0 radical (unpaired) electrons. The number of nitrogens with one attached hydrogen (secondary N) is 1. The maximum absolute atomic E-state index is 5.47. The van der Waals surface area contributed by atoms with Crippen LogP contribution in [-0.4, -0.2) is 25.7 Å². The van der Waals surface area contributed by atoms with Gasteiger partial charge < -0.3 is 14.8 Å². The Morgan fingerprint density at radius 2 is 2.05 bits per heavy atom. The Balaban J connectivity index is 2.41. The second kappa shape index (κ2) is 6.91. The zero-order valence-electron chi connectivity index (χ0n) is 13.2. The highest BCUT2D eigenvalue weighted by atomic mass is 32.1. The minimum atomic E-state index is 0.311. The second-order valence-electron chi connectivity index (χ2n) is 4.81. The summed E-state index contributed by atoms with van der Waals surface area (Å²) < 4.78 is 10.7. The van der Waals surface area contributed by atoms with Crippen LogP contribution in [-0.2, 0) is 0 Å². The fraction of sp³-hybridized carbons (Fsp3) is 0.438. The predicted octanol–water partition coefficient (Wildman–Crippen LogP) is 3.81. The van der Waals surface area contributed by atoms with E-state index in [-0.39, 0.29) is 0 Å². The van der Waals surface area contributed by atoms with Crippen molar-refractivity contribution in [3.63, 3.8) is 0 Å². The van der Waals surface area contributed by atoms with Gasteiger partial charge in [0, 0.05) is 17.0 Å². The second-order valence-corrected chi connectivity index (χ2v) is 5.84. The summed E-state index contributed by atoms with van der Waals surface area (Å²) in [6.07, 6.45) is 0. The maximum atomic E-state index is 5.47. The Morgan fingerprint density at radius 1 is 1.29 bits per heavy atom. The number of methoxy groups -OCH3 is 2. The van der Waals surface area contributed by atoms with Gasteiger partial charge in [-0.2, -0.15) is 0 Å². The van der Waals surface area contributed by atoms with Crippen LogP contribution in [0.2, 0.25) is 0 Å². The molecule has 4 nitrogen and oxygen atoms in total. The molecule has 0 aliphatic rings. The van der Waals surface area contributed by atoms with Gasteiger partial charge in [0.2, 0.25) is 0 Å². The first-order valence-electron chi connectivity index (χ1n) is 7.03. The first-order chi connectivity index (χ1) is 10.1. The molecule has 2 rings (SSSR count). The molecule has 5 heteroatoms. The van der Waals surface area contributed by atoms with E-state index in [9.17, 15) is 0 Å². The van der Waals surface area contributed by atoms with Crippen molar-refractivity contribution in [1.29, 1.82) is 0 Å². The molecule has 0 amide bonds. The summed E-state index contributed by atoms with van der Waals surface area (Å²) >= 11 is 1.71. The molecule has 0 fully saturated rings. The van der Waals surface area contributed by atoms with Gasteiger partial charge in [0.05, 0.1) is 25.5 Å². The standard InChI is InChI=1S/C16H22N2O2S/c1-6-17-10(2)15-11(3)18-16(21-15)13-8-7-12(19-4)9-14(13)20-5/h7-10,17H,6H2,1-5H3. The molecule has 0 saturated heterocycles. The highest BCUT2D eigenvalue weighted by Crippen LogP contribution is 2.38. The summed E-state index contributed by atoms with van der Waals surface area (Å²) in [4.78, 5) is 5.97. The molecule has 114 valence electrons. The molecule has 21 heavy (non-hydrogen) atoms. The number of hydrogen-bond donors (Lipinski definition) is 1. The van der Waals surface area contributed by atoms with Crippen molar-refractivity contribution in [3.8, 4) is 22.1 Å². The number of aryl methyl sites for hydroxylation is 1. The van der Waals surface area contributed by atoms with Crippen molar-refractivity contribution in [2.75, 3.05) is 20.8 Å². The third-order valence-electron chi connectivity index (χ3n) is 3.38. The van der Waals surface area contributed by atoms with Gasteiger partial charge in [0.1, 0.15) is 16.5 Å². The zero-order valence-corrected chi connectivity index (χ0v) is 14.0. The van der Waals surface area contributed by atoms with E-state index < -0.39 is 0 Å². The molecule has 1 unspecified atom stereocenters. The van der Waals surface area contributed by atoms with Crippen LogP contribution >= 0.6 is 11.3 Å². The molecule has 0 aliphatic heterocycles. The van der Waals surface area contributed by atoms with Crippen LogP contribution in [0.1, 0.15) is 30.5 Å². The van der Waals surface area contributed by atoms with Crippen LogP contribution in [0.3, 0.4) is 0 Å². The number of rotatable bonds is 6. The largest absolute Gasteiger partial charge is 0.497 e. The monoisotopic (exact) mass is 306 g/mol. The molecule has 1 aromatic heterocycles. The molecule has 1 N–H and O–H groups in total. The first-order valence-corrected chi connectivity index (χ1v) is 7.85. The Kier molecular flexibility index (Phi) is 5.20. The first kappa shape index (κ1) is 15.8. The van der Waals surface area contributed by atoms with Crippen molar-refractivity contribution in [2.45, 2.75) is 26.8 Å². The van der Waals surface area contributed by atoms with Crippen LogP contribution < -0.4 is 14.8 Å². The predicted molar refractivity (Wildman–Crippen MR) is 87.5 cm³/mol. The van der Waals surface area contributed by atoms with Gasteiger partial charge in [-0.05, 0) is 32.5 Å². The maximum Gasteiger partial charge on any atom is 0.132 e. The lowest BCUT2D eigenvalue weighted by Crippen LogP contribution is -2.17. The summed E-state index contributed by atoms with van der Waals surface area (Å²) in [5, 5.41) is 4.41. The smallest absolute Gasteiger partial charge is 0.132 e. The van der Waals surface area contributed by atoms with Crippen molar-refractivity contribution in [3.05, 3.63) is 28.8 Å². The number of hydrogen-bond acceptors (Lipinski definition) is 5. The minimum absolute atomic E-state index is 0.311. The average molecular weight is 306 g/mol. The van der Waals surface area contributed by atoms with E-state index in [1.165, 1.54) is 4.88 Å². The highest BCUT2D eigenvalue weighted by molar-refractivity contribution is 7.15. The van der Waals surface area contributed by atoms with Crippen molar-refractivity contribution in [2.24, 2.45) is 0 Å². The third kappa shape index (κ3) is 3.36. The summed E-state index contributed by atoms with van der Waals surface area (Å²) in [6.45, 7) is 7.28. The lowest BCUT2D eigenvalue weighted by molar-refractivity contribution is 0.395. The molecule has 0 aliphatic carbocycles. The van der Waals surface area contributed by atoms with Crippen molar-refractivity contribution >= 4 is 11.3 Å². The third-order valence-corrected chi connectivity index (χ3v) is 4.75. The van der Waals surface area contributed by atoms with Crippen LogP contribution in [0, 0.1) is 6.92 Å². The Hall–Kier alpha value is -1.59. The van der Waals surface area contributed by atoms with Gasteiger partial charge in [-0.15, -0.1) is 11.3 Å². The molecular weight excluding hydrogens is 284 g/mol. The summed E-state index contributed by atoms with van der Waals surface area (Å²) in [6, 6.07) is 6.13. The number of thiazole rings is 1. The molecule has 1 atom stereocenters. The highest BCUT2D eigenvalue weighted by Gasteiger charge is 2.17. The average Bonchev–Trinajstić information content (AvgIpc) is 2.88. The number of ether oxygens (including phenoxy) is 2. The topological polar surface area (TPSA) is 43.4 Å². The van der Waals surface area contributed by atoms with E-state index in [2.05, 4.69) is 26.1 Å². The van der Waals surface area contributed by atoms with Crippen molar-refractivity contribution in [1.82, 2.24) is 10.3 Å². The quantitative estimate of drug-likeness (QED) is 0.881. The van der Waals surface area contributed by atoms with Crippen LogP contribution in [0.4, 0.5) is 0 Å². The molecule has 0 spiro atoms. The molecule has 2 aromatic rings. The van der Waals surface area contributed by atoms with Gasteiger partial charge in [0.15, 0.2) is 0 Å². The van der Waals surface area contributed by atoms with Gasteiger partial charge in [-0.1, -0.05) is 6.92 Å². The lowest BCUT2D eigenvalue weighted by Gasteiger charge is -2.10. The number of nitrogens with zero attached hydrogens (tertiary/aromatic N) is 1. The fourth-order valence-corrected chi connectivity index (χ4v) is 3.42. The van der Waals surface area contributed by atoms with Crippen LogP contribution in [0.25, 0.3) is 10.6 Å². The summed E-state index contributed by atoms with van der Waals surface area (Å²) in [5.74, 6) is 1.57. The van der Waals surface area contributed by atoms with Gasteiger partial charge in [-0.3, -0.25) is 0 Å². The summed E-state index contributed by atoms with van der Waals surface area (Å²) in [7, 11) is 3.32. The molecule has 1 aromatic carbocycles. The van der Waals surface area contributed by atoms with Crippen molar-refractivity contribution < 1.29 is 9.47 Å². The molecular formula is C16H22N2O2S. The molecule has 0 bridgehead atoms. The lowest BCUT2D eigenvalue weighted by atomic mass is 10.2. The van der Waals surface area contributed by atoms with E-state index in [0.29, 0.717) is 6.04 Å². The van der Waals surface area contributed by atoms with E-state index >= 15 is 0 Å². The Bertz CT molecular complexity index is 610. The van der Waals surface area contributed by atoms with Crippen LogP contribution in [0.15, 0.2) is 18.2 Å². The van der Waals surface area contributed by atoms with E-state index in [1.807, 2.05) is 18.2 Å². The fourth-order valence-electron chi connectivity index (χ4n) is 2.30. The van der Waals surface area contributed by atoms with E-state index in [4.69, 9.17) is 14.5 Å².